The van der Waals surface area contributed by atoms with Crippen LogP contribution < -0.4 is 5.32 Å². The van der Waals surface area contributed by atoms with Gasteiger partial charge in [-0.3, -0.25) is 9.69 Å². The largest absolute Gasteiger partial charge is 0.462 e. The Morgan fingerprint density at radius 2 is 1.61 bits per heavy atom. The van der Waals surface area contributed by atoms with Crippen LogP contribution in [0.1, 0.15) is 52.8 Å². The molecule has 0 radical (unpaired) electrons. The number of fused-ring (bicyclic) bond motifs is 1. The fourth-order valence-electron chi connectivity index (χ4n) is 4.53. The Morgan fingerprint density at radius 1 is 0.935 bits per heavy atom. The van der Waals surface area contributed by atoms with Gasteiger partial charge in [-0.2, -0.15) is 0 Å². The van der Waals surface area contributed by atoms with Crippen LogP contribution in [0.25, 0.3) is 0 Å². The number of carbonyl (C=O) groups is 2. The van der Waals surface area contributed by atoms with Gasteiger partial charge in [0.2, 0.25) is 0 Å². The minimum absolute atomic E-state index is 0. The number of nitrogens with one attached hydrogen (secondary N) is 1. The molecule has 0 aromatic heterocycles. The Morgan fingerprint density at radius 3 is 2.35 bits per heavy atom. The van der Waals surface area contributed by atoms with Gasteiger partial charge in [-0.05, 0) is 87.3 Å². The first-order valence-corrected chi connectivity index (χ1v) is 11.1. The van der Waals surface area contributed by atoms with Crippen molar-refractivity contribution in [2.75, 3.05) is 25.0 Å². The summed E-state index contributed by atoms with van der Waals surface area (Å²) in [7, 11) is 0. The third kappa shape index (κ3) is 6.00. The van der Waals surface area contributed by atoms with Gasteiger partial charge in [0.05, 0.1) is 12.2 Å². The molecule has 2 atom stereocenters. The van der Waals surface area contributed by atoms with Crippen molar-refractivity contribution in [2.24, 2.45) is 5.92 Å². The number of rotatable bonds is 5. The highest BCUT2D eigenvalue weighted by atomic mass is 35.5. The van der Waals surface area contributed by atoms with E-state index in [4.69, 9.17) is 16.3 Å². The molecule has 0 bridgehead atoms. The lowest BCUT2D eigenvalue weighted by atomic mass is 9.84. The first kappa shape index (κ1) is 23.6. The summed E-state index contributed by atoms with van der Waals surface area (Å²) in [5, 5.41) is 3.40. The molecule has 0 saturated carbocycles. The van der Waals surface area contributed by atoms with Crippen molar-refractivity contribution in [2.45, 2.75) is 38.1 Å². The molecule has 0 spiro atoms. The molecule has 2 aromatic rings. The molecule has 0 unspecified atom stereocenters. The normalized spacial score (nSPS) is 20.8. The smallest absolute Gasteiger partial charge is 0.338 e. The quantitative estimate of drug-likeness (QED) is 0.601. The van der Waals surface area contributed by atoms with E-state index in [1.807, 2.05) is 0 Å². The van der Waals surface area contributed by atoms with Crippen molar-refractivity contribution in [1.29, 1.82) is 0 Å². The highest BCUT2D eigenvalue weighted by Crippen LogP contribution is 2.31. The Kier molecular flexibility index (Phi) is 8.35. The first-order chi connectivity index (χ1) is 14.6. The summed E-state index contributed by atoms with van der Waals surface area (Å²) in [6.45, 7) is 2.84. The molecule has 2 heterocycles. The summed E-state index contributed by atoms with van der Waals surface area (Å²) >= 11 is 5.85. The van der Waals surface area contributed by atoms with Crippen molar-refractivity contribution >= 4 is 41.6 Å². The number of hydrogen-bond acceptors (Lipinski definition) is 4. The van der Waals surface area contributed by atoms with E-state index < -0.39 is 0 Å². The van der Waals surface area contributed by atoms with Gasteiger partial charge in [-0.1, -0.05) is 18.0 Å². The lowest BCUT2D eigenvalue weighted by Crippen LogP contribution is -2.49. The number of ether oxygens (including phenoxy) is 1. The van der Waals surface area contributed by atoms with E-state index in [1.165, 1.54) is 38.8 Å². The molecule has 1 amide bonds. The summed E-state index contributed by atoms with van der Waals surface area (Å²) in [5.74, 6) is -0.101. The molecule has 2 aliphatic heterocycles. The van der Waals surface area contributed by atoms with Crippen LogP contribution in [0.4, 0.5) is 5.69 Å². The molecular weight excluding hydrogens is 435 g/mol. The molecule has 31 heavy (non-hydrogen) atoms. The third-order valence-electron chi connectivity index (χ3n) is 6.14. The Balaban J connectivity index is 0.00000272. The van der Waals surface area contributed by atoms with Crippen LogP contribution in [0.15, 0.2) is 48.5 Å². The first-order valence-electron chi connectivity index (χ1n) is 10.7. The number of amides is 1. The number of piperidine rings is 2. The van der Waals surface area contributed by atoms with Crippen LogP contribution in [-0.4, -0.2) is 42.5 Å². The zero-order chi connectivity index (χ0) is 20.9. The van der Waals surface area contributed by atoms with E-state index in [2.05, 4.69) is 10.2 Å². The van der Waals surface area contributed by atoms with E-state index in [9.17, 15) is 9.59 Å². The molecule has 166 valence electrons. The van der Waals surface area contributed by atoms with Crippen molar-refractivity contribution in [3.63, 3.8) is 0 Å². The number of hydrogen-bond donors (Lipinski definition) is 1. The molecule has 5 nitrogen and oxygen atoms in total. The number of halogens is 2. The van der Waals surface area contributed by atoms with Crippen molar-refractivity contribution < 1.29 is 14.3 Å². The number of nitrogens with zero attached hydrogens (tertiary/aromatic N) is 1. The lowest BCUT2D eigenvalue weighted by molar-refractivity contribution is 0.00739. The SMILES string of the molecule is Cl.O=C(Nc1ccc(C(=O)OC[C@@H]2CCCN3CCCC[C@H]23)cc1)c1ccc(Cl)cc1. The summed E-state index contributed by atoms with van der Waals surface area (Å²) in [5.41, 5.74) is 1.64. The van der Waals surface area contributed by atoms with E-state index in [1.54, 1.807) is 48.5 Å². The minimum atomic E-state index is -0.307. The molecule has 4 rings (SSSR count). The van der Waals surface area contributed by atoms with Gasteiger partial charge in [-0.15, -0.1) is 12.4 Å². The summed E-state index contributed by atoms with van der Waals surface area (Å²) < 4.78 is 5.65. The summed E-state index contributed by atoms with van der Waals surface area (Å²) in [6.07, 6.45) is 6.08. The van der Waals surface area contributed by atoms with Gasteiger partial charge in [0.25, 0.3) is 5.91 Å². The molecule has 0 aliphatic carbocycles. The van der Waals surface area contributed by atoms with Gasteiger partial charge < -0.3 is 10.1 Å². The summed E-state index contributed by atoms with van der Waals surface area (Å²) in [6, 6.07) is 14.1. The Labute approximate surface area is 194 Å². The van der Waals surface area contributed by atoms with Crippen LogP contribution in [0, 0.1) is 5.92 Å². The molecule has 2 fully saturated rings. The highest BCUT2D eigenvalue weighted by molar-refractivity contribution is 6.30. The fourth-order valence-corrected chi connectivity index (χ4v) is 4.66. The van der Waals surface area contributed by atoms with Crippen LogP contribution in [0.3, 0.4) is 0 Å². The Hall–Kier alpha value is -2.08. The van der Waals surface area contributed by atoms with E-state index in [0.717, 1.165) is 6.42 Å². The third-order valence-corrected chi connectivity index (χ3v) is 6.39. The second-order valence-corrected chi connectivity index (χ2v) is 8.57. The van der Waals surface area contributed by atoms with Crippen molar-refractivity contribution in [3.8, 4) is 0 Å². The van der Waals surface area contributed by atoms with Gasteiger partial charge in [0.15, 0.2) is 0 Å². The molecular formula is C24H28Cl2N2O3. The van der Waals surface area contributed by atoms with Crippen molar-refractivity contribution in [1.82, 2.24) is 4.90 Å². The average Bonchev–Trinajstić information content (AvgIpc) is 2.78. The highest BCUT2D eigenvalue weighted by Gasteiger charge is 2.33. The van der Waals surface area contributed by atoms with Crippen LogP contribution >= 0.6 is 24.0 Å². The maximum absolute atomic E-state index is 12.5. The second-order valence-electron chi connectivity index (χ2n) is 8.14. The number of anilines is 1. The zero-order valence-corrected chi connectivity index (χ0v) is 19.0. The topological polar surface area (TPSA) is 58.6 Å². The van der Waals surface area contributed by atoms with Gasteiger partial charge in [-0.25, -0.2) is 4.79 Å². The van der Waals surface area contributed by atoms with Crippen molar-refractivity contribution in [3.05, 3.63) is 64.7 Å². The monoisotopic (exact) mass is 462 g/mol. The fraction of sp³-hybridized carbons (Fsp3) is 0.417. The van der Waals surface area contributed by atoms with Gasteiger partial charge >= 0.3 is 5.97 Å². The molecule has 1 N–H and O–H groups in total. The predicted molar refractivity (Wildman–Crippen MR) is 125 cm³/mol. The molecule has 2 saturated heterocycles. The van der Waals surface area contributed by atoms with Crippen LogP contribution in [0.2, 0.25) is 5.02 Å². The van der Waals surface area contributed by atoms with Gasteiger partial charge in [0.1, 0.15) is 0 Å². The minimum Gasteiger partial charge on any atom is -0.462 e. The van der Waals surface area contributed by atoms with E-state index in [0.29, 0.717) is 40.4 Å². The van der Waals surface area contributed by atoms with Crippen LogP contribution in [0.5, 0.6) is 0 Å². The lowest BCUT2D eigenvalue weighted by Gasteiger charge is -2.44. The van der Waals surface area contributed by atoms with Crippen LogP contribution in [-0.2, 0) is 4.74 Å². The Bertz CT molecular complexity index is 885. The average molecular weight is 463 g/mol. The van der Waals surface area contributed by atoms with Gasteiger partial charge in [0, 0.05) is 28.2 Å². The second kappa shape index (κ2) is 11.0. The molecule has 2 aliphatic rings. The zero-order valence-electron chi connectivity index (χ0n) is 17.4. The number of carbonyl (C=O) groups excluding carboxylic acids is 2. The standard InChI is InChI=1S/C24H27ClN2O3.ClH/c25-20-10-6-17(7-11-20)23(28)26-21-12-8-18(9-13-21)24(29)30-16-19-4-3-15-27-14-2-1-5-22(19)27;/h6-13,19,22H,1-5,14-16H2,(H,26,28);1H/t19-,22+;/m0./s1. The maximum Gasteiger partial charge on any atom is 0.338 e. The van der Waals surface area contributed by atoms with E-state index >= 15 is 0 Å². The number of esters is 1. The molecule has 2 aromatic carbocycles. The summed E-state index contributed by atoms with van der Waals surface area (Å²) in [4.78, 5) is 27.4. The maximum atomic E-state index is 12.5. The predicted octanol–water partition coefficient (Wildman–Crippen LogP) is 5.44. The van der Waals surface area contributed by atoms with E-state index in [-0.39, 0.29) is 24.3 Å². The molecule has 7 heteroatoms. The number of benzene rings is 2.